The minimum Gasteiger partial charge on any atom is -0.402 e. The molecule has 0 amide bonds. The number of benzene rings is 1. The van der Waals surface area contributed by atoms with Crippen molar-refractivity contribution in [2.24, 2.45) is 5.73 Å². The number of aryl methyl sites for hydroxylation is 3. The zero-order valence-corrected chi connectivity index (χ0v) is 20.8. The van der Waals surface area contributed by atoms with Crippen molar-refractivity contribution in [2.45, 2.75) is 46.0 Å². The van der Waals surface area contributed by atoms with Gasteiger partial charge in [0.05, 0.1) is 6.20 Å². The van der Waals surface area contributed by atoms with Crippen LogP contribution in [0.2, 0.25) is 5.02 Å². The predicted octanol–water partition coefficient (Wildman–Crippen LogP) is 5.31. The summed E-state index contributed by atoms with van der Waals surface area (Å²) in [6.07, 6.45) is 4.77. The van der Waals surface area contributed by atoms with Gasteiger partial charge in [-0.1, -0.05) is 24.2 Å². The number of nitrogens with two attached hydrogens (primary N) is 1. The summed E-state index contributed by atoms with van der Waals surface area (Å²) in [7, 11) is 0. The van der Waals surface area contributed by atoms with Gasteiger partial charge in [0, 0.05) is 29.7 Å². The zero-order valence-electron chi connectivity index (χ0n) is 20.1. The van der Waals surface area contributed by atoms with Crippen LogP contribution in [0, 0.1) is 20.8 Å². The molecule has 4 rings (SSSR count). The van der Waals surface area contributed by atoms with Crippen LogP contribution in [0.1, 0.15) is 47.6 Å². The molecular weight excluding hydrogens is 448 g/mol. The first-order valence-electron chi connectivity index (χ1n) is 11.6. The molecule has 3 aromatic rings. The number of nitrogens with one attached hydrogen (secondary N) is 3. The number of nitrogens with zero attached hydrogens (tertiary/aromatic N) is 4. The summed E-state index contributed by atoms with van der Waals surface area (Å²) in [6, 6.07) is 6.38. The maximum atomic E-state index is 6.30. The number of piperidine rings is 1. The maximum absolute atomic E-state index is 6.30. The molecule has 180 valence electrons. The van der Waals surface area contributed by atoms with E-state index in [-0.39, 0.29) is 0 Å². The van der Waals surface area contributed by atoms with Crippen molar-refractivity contribution in [1.82, 2.24) is 25.1 Å². The van der Waals surface area contributed by atoms with Crippen LogP contribution in [-0.4, -0.2) is 44.7 Å². The molecule has 1 aromatic carbocycles. The van der Waals surface area contributed by atoms with E-state index >= 15 is 0 Å². The number of anilines is 4. The van der Waals surface area contributed by atoms with Crippen molar-refractivity contribution in [3.63, 3.8) is 0 Å². The van der Waals surface area contributed by atoms with E-state index in [1.807, 2.05) is 13.0 Å². The van der Waals surface area contributed by atoms with Crippen LogP contribution in [0.25, 0.3) is 0 Å². The molecule has 34 heavy (non-hydrogen) atoms. The first-order chi connectivity index (χ1) is 16.3. The van der Waals surface area contributed by atoms with Gasteiger partial charge in [0.2, 0.25) is 5.95 Å². The second kappa shape index (κ2) is 10.4. The lowest BCUT2D eigenvalue weighted by Gasteiger charge is -2.33. The number of H-pyrrole nitrogens is 1. The summed E-state index contributed by atoms with van der Waals surface area (Å²) in [5.41, 5.74) is 12.3. The van der Waals surface area contributed by atoms with E-state index in [9.17, 15) is 0 Å². The number of aromatic amines is 1. The molecule has 3 heterocycles. The van der Waals surface area contributed by atoms with Gasteiger partial charge in [-0.05, 0) is 81.8 Å². The number of hydrogen-bond acceptors (Lipinski definition) is 7. The van der Waals surface area contributed by atoms with E-state index in [0.717, 1.165) is 56.0 Å². The topological polar surface area (TPSA) is 108 Å². The maximum Gasteiger partial charge on any atom is 0.229 e. The van der Waals surface area contributed by atoms with Crippen molar-refractivity contribution < 1.29 is 0 Å². The van der Waals surface area contributed by atoms with Crippen molar-refractivity contribution in [3.8, 4) is 0 Å². The van der Waals surface area contributed by atoms with Crippen molar-refractivity contribution in [2.75, 3.05) is 30.3 Å². The molecule has 1 aliphatic rings. The number of hydrogen-bond donors (Lipinski definition) is 4. The van der Waals surface area contributed by atoms with Gasteiger partial charge in [-0.3, -0.25) is 5.10 Å². The summed E-state index contributed by atoms with van der Waals surface area (Å²) in [5.74, 6) is 2.20. The van der Waals surface area contributed by atoms with Gasteiger partial charge in [0.1, 0.15) is 5.02 Å². The monoisotopic (exact) mass is 480 g/mol. The van der Waals surface area contributed by atoms with Gasteiger partial charge >= 0.3 is 0 Å². The third-order valence-corrected chi connectivity index (χ3v) is 6.61. The summed E-state index contributed by atoms with van der Waals surface area (Å²) < 4.78 is 0. The second-order valence-electron chi connectivity index (χ2n) is 9.12. The Morgan fingerprint density at radius 3 is 2.62 bits per heavy atom. The summed E-state index contributed by atoms with van der Waals surface area (Å²) in [6.45, 7) is 13.2. The molecule has 1 saturated heterocycles. The van der Waals surface area contributed by atoms with E-state index in [2.05, 4.69) is 68.3 Å². The van der Waals surface area contributed by atoms with E-state index in [1.54, 1.807) is 6.20 Å². The van der Waals surface area contributed by atoms with Crippen LogP contribution >= 0.6 is 11.6 Å². The van der Waals surface area contributed by atoms with E-state index < -0.39 is 0 Å². The first kappa shape index (κ1) is 24.0. The average Bonchev–Trinajstić information content (AvgIpc) is 3.21. The molecule has 0 unspecified atom stereocenters. The molecule has 5 N–H and O–H groups in total. The molecule has 0 saturated carbocycles. The van der Waals surface area contributed by atoms with Gasteiger partial charge in [-0.25, -0.2) is 4.98 Å². The van der Waals surface area contributed by atoms with Gasteiger partial charge < -0.3 is 21.3 Å². The van der Waals surface area contributed by atoms with Crippen molar-refractivity contribution in [1.29, 1.82) is 0 Å². The second-order valence-corrected chi connectivity index (χ2v) is 9.53. The molecular formula is C25H33ClN8. The quantitative estimate of drug-likeness (QED) is 0.346. The molecule has 1 aliphatic heterocycles. The SMILES string of the molecule is C=C(N)CCN1CCC(c2cc(C)c(Nc3ncc(Cl)c(Nc4cc(C)[nH]n4)n3)cc2C)CC1. The minimum atomic E-state index is 0.427. The van der Waals surface area contributed by atoms with Gasteiger partial charge in [0.25, 0.3) is 0 Å². The lowest BCUT2D eigenvalue weighted by molar-refractivity contribution is 0.214. The van der Waals surface area contributed by atoms with Crippen LogP contribution < -0.4 is 16.4 Å². The Balaban J connectivity index is 1.44. The van der Waals surface area contributed by atoms with Crippen LogP contribution in [0.4, 0.5) is 23.3 Å². The number of halogens is 1. The Morgan fingerprint density at radius 1 is 1.18 bits per heavy atom. The average molecular weight is 481 g/mol. The number of likely N-dealkylation sites (tertiary alicyclic amines) is 1. The highest BCUT2D eigenvalue weighted by molar-refractivity contribution is 6.32. The Hall–Kier alpha value is -3.10. The lowest BCUT2D eigenvalue weighted by atomic mass is 9.85. The molecule has 9 heteroatoms. The molecule has 8 nitrogen and oxygen atoms in total. The van der Waals surface area contributed by atoms with Gasteiger partial charge in [-0.15, -0.1) is 0 Å². The summed E-state index contributed by atoms with van der Waals surface area (Å²) in [4.78, 5) is 11.4. The fraction of sp³-hybridized carbons (Fsp3) is 0.400. The smallest absolute Gasteiger partial charge is 0.229 e. The summed E-state index contributed by atoms with van der Waals surface area (Å²) in [5, 5.41) is 14.0. The largest absolute Gasteiger partial charge is 0.402 e. The Labute approximate surface area is 206 Å². The Morgan fingerprint density at radius 2 is 1.94 bits per heavy atom. The summed E-state index contributed by atoms with van der Waals surface area (Å²) >= 11 is 6.30. The molecule has 0 radical (unpaired) electrons. The fourth-order valence-corrected chi connectivity index (χ4v) is 4.56. The zero-order chi connectivity index (χ0) is 24.2. The van der Waals surface area contributed by atoms with E-state index in [0.29, 0.717) is 28.5 Å². The third kappa shape index (κ3) is 5.87. The normalized spacial score (nSPS) is 14.8. The molecule has 0 atom stereocenters. The Kier molecular flexibility index (Phi) is 7.38. The highest BCUT2D eigenvalue weighted by Gasteiger charge is 2.22. The molecule has 0 bridgehead atoms. The molecule has 2 aromatic heterocycles. The van der Waals surface area contributed by atoms with Crippen LogP contribution in [-0.2, 0) is 0 Å². The number of aromatic nitrogens is 4. The fourth-order valence-electron chi connectivity index (χ4n) is 4.42. The lowest BCUT2D eigenvalue weighted by Crippen LogP contribution is -2.34. The molecule has 0 aliphatic carbocycles. The van der Waals surface area contributed by atoms with Gasteiger partial charge in [0.15, 0.2) is 11.6 Å². The van der Waals surface area contributed by atoms with E-state index in [1.165, 1.54) is 16.7 Å². The number of rotatable bonds is 8. The predicted molar refractivity (Wildman–Crippen MR) is 139 cm³/mol. The minimum absolute atomic E-state index is 0.427. The standard InChI is InChI=1S/C25H33ClN8/c1-15-12-22(16(2)11-20(15)19-6-9-34(10-7-19)8-5-17(3)27)29-25-28-14-21(26)24(31-25)30-23-13-18(4)32-33-23/h11-14,19H,3,5-10,27H2,1-2,4H3,(H3,28,29,30,31,32,33). The van der Waals surface area contributed by atoms with Crippen molar-refractivity contribution >= 4 is 34.9 Å². The van der Waals surface area contributed by atoms with Crippen LogP contribution in [0.3, 0.4) is 0 Å². The van der Waals surface area contributed by atoms with Gasteiger partial charge in [-0.2, -0.15) is 10.1 Å². The van der Waals surface area contributed by atoms with Crippen molar-refractivity contribution in [3.05, 3.63) is 64.1 Å². The highest BCUT2D eigenvalue weighted by Crippen LogP contribution is 2.34. The third-order valence-electron chi connectivity index (χ3n) is 6.33. The molecule has 1 fully saturated rings. The highest BCUT2D eigenvalue weighted by atomic mass is 35.5. The van der Waals surface area contributed by atoms with E-state index in [4.69, 9.17) is 17.3 Å². The van der Waals surface area contributed by atoms with Crippen LogP contribution in [0.5, 0.6) is 0 Å². The molecule has 0 spiro atoms. The van der Waals surface area contributed by atoms with Crippen LogP contribution in [0.15, 0.2) is 36.7 Å². The Bertz CT molecular complexity index is 1160. The first-order valence-corrected chi connectivity index (χ1v) is 12.0.